The van der Waals surface area contributed by atoms with Crippen molar-refractivity contribution < 1.29 is 9.18 Å². The van der Waals surface area contributed by atoms with Gasteiger partial charge in [-0.25, -0.2) is 9.37 Å². The number of nitrogens with zero attached hydrogens (tertiary/aromatic N) is 1. The number of nitrogens with one attached hydrogen (secondary N) is 1. The van der Waals surface area contributed by atoms with E-state index >= 15 is 0 Å². The molecule has 0 saturated carbocycles. The largest absolute Gasteiger partial charge is 0.383 e. The minimum absolute atomic E-state index is 0.00946. The number of carbonyl (C=O) groups is 1. The molecular weight excluding hydrogens is 325 g/mol. The molecule has 0 aliphatic rings. The predicted molar refractivity (Wildman–Crippen MR) is 80.2 cm³/mol. The first-order chi connectivity index (χ1) is 9.38. The maximum Gasteiger partial charge on any atom is 0.259 e. The number of carbonyl (C=O) groups excluding carboxylic acids is 1. The number of hydrogen-bond acceptors (Lipinski definition) is 3. The Morgan fingerprint density at radius 3 is 2.70 bits per heavy atom. The summed E-state index contributed by atoms with van der Waals surface area (Å²) >= 11 is 3.40. The highest BCUT2D eigenvalue weighted by atomic mass is 79.9. The third-order valence-corrected chi connectivity index (χ3v) is 3.43. The fraction of sp³-hybridized carbons (Fsp3) is 0.143. The van der Waals surface area contributed by atoms with Gasteiger partial charge in [-0.1, -0.05) is 6.07 Å². The summed E-state index contributed by atoms with van der Waals surface area (Å²) in [6, 6.07) is 4.89. The van der Waals surface area contributed by atoms with E-state index in [1.165, 1.54) is 0 Å². The molecule has 1 amide bonds. The van der Waals surface area contributed by atoms with E-state index in [9.17, 15) is 9.18 Å². The summed E-state index contributed by atoms with van der Waals surface area (Å²) in [7, 11) is 0. The van der Waals surface area contributed by atoms with Gasteiger partial charge in [0.1, 0.15) is 11.6 Å². The van der Waals surface area contributed by atoms with Crippen molar-refractivity contribution in [2.24, 2.45) is 0 Å². The number of hydrogen-bond donors (Lipinski definition) is 2. The third kappa shape index (κ3) is 2.96. The van der Waals surface area contributed by atoms with Gasteiger partial charge in [0.2, 0.25) is 0 Å². The molecule has 0 atom stereocenters. The Labute approximate surface area is 124 Å². The number of aryl methyl sites for hydroxylation is 2. The molecule has 20 heavy (non-hydrogen) atoms. The molecule has 1 heterocycles. The standard InChI is InChI=1S/C14H13BrFN3O/c1-7-3-8(2)12(11(15)4-7)19-14(20)10-5-9(16)6-18-13(10)17/h3-6H,1-2H3,(H2,17,18)(H,19,20). The van der Waals surface area contributed by atoms with Crippen molar-refractivity contribution in [2.45, 2.75) is 13.8 Å². The first kappa shape index (κ1) is 14.5. The van der Waals surface area contributed by atoms with Crippen LogP contribution in [-0.2, 0) is 0 Å². The number of rotatable bonds is 2. The Hall–Kier alpha value is -1.95. The molecule has 2 rings (SSSR count). The monoisotopic (exact) mass is 337 g/mol. The molecule has 104 valence electrons. The number of nitrogen functional groups attached to an aromatic ring is 1. The van der Waals surface area contributed by atoms with Crippen molar-refractivity contribution >= 4 is 33.3 Å². The van der Waals surface area contributed by atoms with E-state index in [-0.39, 0.29) is 11.4 Å². The van der Waals surface area contributed by atoms with Gasteiger partial charge in [0, 0.05) is 4.47 Å². The molecule has 0 bridgehead atoms. The zero-order valence-electron chi connectivity index (χ0n) is 11.0. The van der Waals surface area contributed by atoms with Crippen molar-refractivity contribution in [2.75, 3.05) is 11.1 Å². The number of benzene rings is 1. The van der Waals surface area contributed by atoms with Crippen LogP contribution in [0.25, 0.3) is 0 Å². The zero-order valence-corrected chi connectivity index (χ0v) is 12.6. The van der Waals surface area contributed by atoms with E-state index in [1.54, 1.807) is 0 Å². The number of nitrogens with two attached hydrogens (primary N) is 1. The third-order valence-electron chi connectivity index (χ3n) is 2.80. The Kier molecular flexibility index (Phi) is 4.04. The molecule has 3 N–H and O–H groups in total. The molecule has 0 saturated heterocycles. The number of halogens is 2. The van der Waals surface area contributed by atoms with Gasteiger partial charge in [-0.3, -0.25) is 4.79 Å². The Balaban J connectivity index is 2.35. The van der Waals surface area contributed by atoms with Crippen LogP contribution >= 0.6 is 15.9 Å². The van der Waals surface area contributed by atoms with E-state index in [0.717, 1.165) is 27.9 Å². The van der Waals surface area contributed by atoms with Crippen molar-refractivity contribution in [3.8, 4) is 0 Å². The second kappa shape index (κ2) is 5.58. The van der Waals surface area contributed by atoms with Crippen molar-refractivity contribution in [3.05, 3.63) is 51.4 Å². The molecule has 0 radical (unpaired) electrons. The van der Waals surface area contributed by atoms with Crippen LogP contribution in [-0.4, -0.2) is 10.9 Å². The molecule has 0 spiro atoms. The normalized spacial score (nSPS) is 10.4. The van der Waals surface area contributed by atoms with Gasteiger partial charge in [0.15, 0.2) is 0 Å². The summed E-state index contributed by atoms with van der Waals surface area (Å²) in [6.07, 6.45) is 0.971. The van der Waals surface area contributed by atoms with Gasteiger partial charge in [-0.15, -0.1) is 0 Å². The summed E-state index contributed by atoms with van der Waals surface area (Å²) < 4.78 is 13.9. The summed E-state index contributed by atoms with van der Waals surface area (Å²) in [6.45, 7) is 3.83. The van der Waals surface area contributed by atoms with Gasteiger partial charge < -0.3 is 11.1 Å². The van der Waals surface area contributed by atoms with Crippen LogP contribution < -0.4 is 11.1 Å². The van der Waals surface area contributed by atoms with E-state index in [1.807, 2.05) is 26.0 Å². The minimum atomic E-state index is -0.607. The first-order valence-corrected chi connectivity index (χ1v) is 6.67. The number of anilines is 2. The highest BCUT2D eigenvalue weighted by Crippen LogP contribution is 2.28. The molecule has 4 nitrogen and oxygen atoms in total. The second-order valence-electron chi connectivity index (χ2n) is 4.48. The molecule has 2 aromatic rings. The molecular formula is C14H13BrFN3O. The average Bonchev–Trinajstić information content (AvgIpc) is 2.36. The zero-order chi connectivity index (χ0) is 14.9. The van der Waals surface area contributed by atoms with Crippen LogP contribution in [0.3, 0.4) is 0 Å². The van der Waals surface area contributed by atoms with E-state index < -0.39 is 11.7 Å². The molecule has 1 aromatic heterocycles. The van der Waals surface area contributed by atoms with Crippen molar-refractivity contribution in [1.82, 2.24) is 4.98 Å². The highest BCUT2D eigenvalue weighted by Gasteiger charge is 2.15. The van der Waals surface area contributed by atoms with Gasteiger partial charge in [-0.05, 0) is 53.0 Å². The lowest BCUT2D eigenvalue weighted by molar-refractivity contribution is 0.102. The highest BCUT2D eigenvalue weighted by molar-refractivity contribution is 9.10. The van der Waals surface area contributed by atoms with Crippen molar-refractivity contribution in [3.63, 3.8) is 0 Å². The quantitative estimate of drug-likeness (QED) is 0.881. The SMILES string of the molecule is Cc1cc(C)c(NC(=O)c2cc(F)cnc2N)c(Br)c1. The van der Waals surface area contributed by atoms with E-state index in [4.69, 9.17) is 5.73 Å². The number of amides is 1. The lowest BCUT2D eigenvalue weighted by atomic mass is 10.1. The van der Waals surface area contributed by atoms with Crippen molar-refractivity contribution in [1.29, 1.82) is 0 Å². The van der Waals surface area contributed by atoms with Gasteiger partial charge in [0.05, 0.1) is 17.4 Å². The van der Waals surface area contributed by atoms with Crippen LogP contribution in [0.5, 0.6) is 0 Å². The Morgan fingerprint density at radius 2 is 2.05 bits per heavy atom. The minimum Gasteiger partial charge on any atom is -0.383 e. The molecule has 0 aliphatic carbocycles. The van der Waals surface area contributed by atoms with Crippen LogP contribution in [0, 0.1) is 19.7 Å². The average molecular weight is 338 g/mol. The van der Waals surface area contributed by atoms with Gasteiger partial charge >= 0.3 is 0 Å². The first-order valence-electron chi connectivity index (χ1n) is 5.87. The molecule has 0 aliphatic heterocycles. The maximum atomic E-state index is 13.2. The lowest BCUT2D eigenvalue weighted by Gasteiger charge is -2.12. The summed E-state index contributed by atoms with van der Waals surface area (Å²) in [5, 5.41) is 2.72. The molecule has 0 fully saturated rings. The predicted octanol–water partition coefficient (Wildman–Crippen LogP) is 3.43. The number of pyridine rings is 1. The fourth-order valence-electron chi connectivity index (χ4n) is 1.89. The number of aromatic nitrogens is 1. The Bertz CT molecular complexity index is 665. The molecule has 6 heteroatoms. The van der Waals surface area contributed by atoms with E-state index in [2.05, 4.69) is 26.2 Å². The smallest absolute Gasteiger partial charge is 0.259 e. The van der Waals surface area contributed by atoms with E-state index in [0.29, 0.717) is 5.69 Å². The maximum absolute atomic E-state index is 13.2. The van der Waals surface area contributed by atoms with Crippen LogP contribution in [0.2, 0.25) is 0 Å². The Morgan fingerprint density at radius 1 is 1.35 bits per heavy atom. The van der Waals surface area contributed by atoms with Crippen LogP contribution in [0.4, 0.5) is 15.9 Å². The lowest BCUT2D eigenvalue weighted by Crippen LogP contribution is -2.16. The topological polar surface area (TPSA) is 68.0 Å². The fourth-order valence-corrected chi connectivity index (χ4v) is 2.66. The summed E-state index contributed by atoms with van der Waals surface area (Å²) in [5.74, 6) is -1.11. The second-order valence-corrected chi connectivity index (χ2v) is 5.33. The van der Waals surface area contributed by atoms with Gasteiger partial charge in [-0.2, -0.15) is 0 Å². The summed E-state index contributed by atoms with van der Waals surface area (Å²) in [5.41, 5.74) is 8.20. The van der Waals surface area contributed by atoms with Crippen LogP contribution in [0.1, 0.15) is 21.5 Å². The van der Waals surface area contributed by atoms with Gasteiger partial charge in [0.25, 0.3) is 5.91 Å². The van der Waals surface area contributed by atoms with Crippen LogP contribution in [0.15, 0.2) is 28.9 Å². The molecule has 0 unspecified atom stereocenters. The summed E-state index contributed by atoms with van der Waals surface area (Å²) in [4.78, 5) is 15.8. The molecule has 1 aromatic carbocycles.